The third-order valence-electron chi connectivity index (χ3n) is 2.40. The highest BCUT2D eigenvalue weighted by atomic mass is 32.1. The number of ether oxygens (including phenoxy) is 1. The van der Waals surface area contributed by atoms with Gasteiger partial charge in [0, 0.05) is 30.1 Å². The first-order valence-electron chi connectivity index (χ1n) is 5.07. The smallest absolute Gasteiger partial charge is 0.123 e. The highest BCUT2D eigenvalue weighted by Crippen LogP contribution is 2.21. The second kappa shape index (κ2) is 5.09. The van der Waals surface area contributed by atoms with Crippen LogP contribution < -0.4 is 10.5 Å². The molecule has 0 amide bonds. The fourth-order valence-corrected chi connectivity index (χ4v) is 2.27. The van der Waals surface area contributed by atoms with Crippen molar-refractivity contribution in [2.45, 2.75) is 13.0 Å². The molecule has 2 rings (SSSR count). The fourth-order valence-electron chi connectivity index (χ4n) is 1.62. The molecule has 1 aromatic carbocycles. The first-order valence-corrected chi connectivity index (χ1v) is 5.95. The molecule has 2 aromatic rings. The van der Waals surface area contributed by atoms with Crippen LogP contribution in [0.2, 0.25) is 0 Å². The number of thiazole rings is 1. The van der Waals surface area contributed by atoms with Gasteiger partial charge in [0.05, 0.1) is 12.1 Å². The van der Waals surface area contributed by atoms with Crippen LogP contribution in [0.1, 0.15) is 16.1 Å². The number of nitrogens with two attached hydrogens (primary N) is 1. The SMILES string of the molecule is COc1ccc(Cc2nccs2)cc1CN. The highest BCUT2D eigenvalue weighted by Gasteiger charge is 2.04. The molecule has 0 unspecified atom stereocenters. The van der Waals surface area contributed by atoms with E-state index in [4.69, 9.17) is 10.5 Å². The summed E-state index contributed by atoms with van der Waals surface area (Å²) in [4.78, 5) is 4.27. The van der Waals surface area contributed by atoms with Crippen molar-refractivity contribution >= 4 is 11.3 Å². The molecular weight excluding hydrogens is 220 g/mol. The Morgan fingerprint density at radius 1 is 1.44 bits per heavy atom. The maximum absolute atomic E-state index is 5.68. The summed E-state index contributed by atoms with van der Waals surface area (Å²) in [6.45, 7) is 0.495. The molecule has 0 fully saturated rings. The van der Waals surface area contributed by atoms with Gasteiger partial charge in [-0.2, -0.15) is 0 Å². The van der Waals surface area contributed by atoms with Gasteiger partial charge >= 0.3 is 0 Å². The van der Waals surface area contributed by atoms with Gasteiger partial charge in [0.2, 0.25) is 0 Å². The van der Waals surface area contributed by atoms with E-state index in [0.29, 0.717) is 6.54 Å². The van der Waals surface area contributed by atoms with Crippen LogP contribution in [0.4, 0.5) is 0 Å². The largest absolute Gasteiger partial charge is 0.496 e. The summed E-state index contributed by atoms with van der Waals surface area (Å²) in [6.07, 6.45) is 2.68. The monoisotopic (exact) mass is 234 g/mol. The molecule has 0 saturated carbocycles. The van der Waals surface area contributed by atoms with Crippen molar-refractivity contribution in [3.05, 3.63) is 45.9 Å². The molecule has 0 bridgehead atoms. The van der Waals surface area contributed by atoms with E-state index in [0.717, 1.165) is 22.7 Å². The zero-order valence-electron chi connectivity index (χ0n) is 9.14. The molecular formula is C12H14N2OS. The number of methoxy groups -OCH3 is 1. The van der Waals surface area contributed by atoms with Crippen molar-refractivity contribution in [2.75, 3.05) is 7.11 Å². The Hall–Kier alpha value is -1.39. The second-order valence-corrected chi connectivity index (χ2v) is 4.43. The molecule has 0 spiro atoms. The minimum Gasteiger partial charge on any atom is -0.496 e. The Morgan fingerprint density at radius 2 is 2.31 bits per heavy atom. The van der Waals surface area contributed by atoms with Crippen LogP contribution in [0.3, 0.4) is 0 Å². The second-order valence-electron chi connectivity index (χ2n) is 3.45. The molecule has 84 valence electrons. The molecule has 0 radical (unpaired) electrons. The zero-order valence-corrected chi connectivity index (χ0v) is 9.96. The van der Waals surface area contributed by atoms with Crippen molar-refractivity contribution in [3.63, 3.8) is 0 Å². The lowest BCUT2D eigenvalue weighted by molar-refractivity contribution is 0.409. The highest BCUT2D eigenvalue weighted by molar-refractivity contribution is 7.09. The first-order chi connectivity index (χ1) is 7.83. The third-order valence-corrected chi connectivity index (χ3v) is 3.18. The minimum atomic E-state index is 0.495. The molecule has 0 atom stereocenters. The van der Waals surface area contributed by atoms with Gasteiger partial charge in [0.1, 0.15) is 5.75 Å². The Kier molecular flexibility index (Phi) is 3.54. The summed E-state index contributed by atoms with van der Waals surface area (Å²) in [6, 6.07) is 6.10. The van der Waals surface area contributed by atoms with Crippen molar-refractivity contribution in [3.8, 4) is 5.75 Å². The molecule has 0 aliphatic carbocycles. The summed E-state index contributed by atoms with van der Waals surface area (Å²) in [5.74, 6) is 0.852. The lowest BCUT2D eigenvalue weighted by atomic mass is 10.1. The van der Waals surface area contributed by atoms with Crippen LogP contribution in [-0.4, -0.2) is 12.1 Å². The van der Waals surface area contributed by atoms with Crippen LogP contribution >= 0.6 is 11.3 Å². The third kappa shape index (κ3) is 2.40. The van der Waals surface area contributed by atoms with Crippen LogP contribution in [0.5, 0.6) is 5.75 Å². The van der Waals surface area contributed by atoms with Crippen LogP contribution in [0.15, 0.2) is 29.8 Å². The summed E-state index contributed by atoms with van der Waals surface area (Å²) >= 11 is 1.67. The Labute approximate surface area is 98.9 Å². The van der Waals surface area contributed by atoms with Crippen molar-refractivity contribution < 1.29 is 4.74 Å². The Balaban J connectivity index is 2.22. The van der Waals surface area contributed by atoms with Crippen molar-refractivity contribution in [1.29, 1.82) is 0 Å². The average molecular weight is 234 g/mol. The zero-order chi connectivity index (χ0) is 11.4. The van der Waals surface area contributed by atoms with Gasteiger partial charge < -0.3 is 10.5 Å². The molecule has 0 aliphatic rings. The fraction of sp³-hybridized carbons (Fsp3) is 0.250. The number of aromatic nitrogens is 1. The van der Waals surface area contributed by atoms with E-state index in [1.54, 1.807) is 18.4 Å². The van der Waals surface area contributed by atoms with E-state index in [1.165, 1.54) is 5.56 Å². The maximum Gasteiger partial charge on any atom is 0.123 e. The van der Waals surface area contributed by atoms with Gasteiger partial charge in [-0.3, -0.25) is 0 Å². The van der Waals surface area contributed by atoms with Gasteiger partial charge in [-0.25, -0.2) is 4.98 Å². The number of nitrogens with zero attached hydrogens (tertiary/aromatic N) is 1. The number of rotatable bonds is 4. The summed E-state index contributed by atoms with van der Waals surface area (Å²) in [7, 11) is 1.66. The summed E-state index contributed by atoms with van der Waals surface area (Å²) < 4.78 is 5.23. The molecule has 16 heavy (non-hydrogen) atoms. The van der Waals surface area contributed by atoms with Crippen molar-refractivity contribution in [1.82, 2.24) is 4.98 Å². The summed E-state index contributed by atoms with van der Waals surface area (Å²) in [5.41, 5.74) is 7.93. The van der Waals surface area contributed by atoms with Crippen LogP contribution in [-0.2, 0) is 13.0 Å². The van der Waals surface area contributed by atoms with E-state index >= 15 is 0 Å². The van der Waals surface area contributed by atoms with Crippen LogP contribution in [0.25, 0.3) is 0 Å². The lowest BCUT2D eigenvalue weighted by Crippen LogP contribution is -2.01. The maximum atomic E-state index is 5.68. The normalized spacial score (nSPS) is 10.4. The standard InChI is InChI=1S/C12H14N2OS/c1-15-11-3-2-9(6-10(11)8-13)7-12-14-4-5-16-12/h2-6H,7-8,13H2,1H3. The Bertz CT molecular complexity index is 454. The van der Waals surface area contributed by atoms with E-state index in [9.17, 15) is 0 Å². The lowest BCUT2D eigenvalue weighted by Gasteiger charge is -2.08. The quantitative estimate of drug-likeness (QED) is 0.882. The van der Waals surface area contributed by atoms with Gasteiger partial charge in [0.15, 0.2) is 0 Å². The number of hydrogen-bond acceptors (Lipinski definition) is 4. The number of hydrogen-bond donors (Lipinski definition) is 1. The van der Waals surface area contributed by atoms with E-state index in [2.05, 4.69) is 17.1 Å². The Morgan fingerprint density at radius 3 is 2.94 bits per heavy atom. The molecule has 1 aromatic heterocycles. The van der Waals surface area contributed by atoms with Crippen LogP contribution in [0, 0.1) is 0 Å². The first kappa shape index (κ1) is 11.1. The molecule has 1 heterocycles. The predicted octanol–water partition coefficient (Wildman–Crippen LogP) is 2.20. The van der Waals surface area contributed by atoms with Gasteiger partial charge in [-0.1, -0.05) is 12.1 Å². The molecule has 4 heteroatoms. The molecule has 0 saturated heterocycles. The van der Waals surface area contributed by atoms with Gasteiger partial charge in [-0.15, -0.1) is 11.3 Å². The summed E-state index contributed by atoms with van der Waals surface area (Å²) in [5, 5.41) is 3.11. The molecule has 3 nitrogen and oxygen atoms in total. The topological polar surface area (TPSA) is 48.1 Å². The van der Waals surface area contributed by atoms with E-state index in [-0.39, 0.29) is 0 Å². The molecule has 2 N–H and O–H groups in total. The minimum absolute atomic E-state index is 0.495. The average Bonchev–Trinajstić information content (AvgIpc) is 2.81. The number of benzene rings is 1. The van der Waals surface area contributed by atoms with E-state index < -0.39 is 0 Å². The molecule has 0 aliphatic heterocycles. The van der Waals surface area contributed by atoms with E-state index in [1.807, 2.05) is 17.6 Å². The predicted molar refractivity (Wildman–Crippen MR) is 65.8 cm³/mol. The van der Waals surface area contributed by atoms with Gasteiger partial charge in [-0.05, 0) is 11.6 Å². The van der Waals surface area contributed by atoms with Gasteiger partial charge in [0.25, 0.3) is 0 Å². The van der Waals surface area contributed by atoms with Crippen molar-refractivity contribution in [2.24, 2.45) is 5.73 Å².